The maximum absolute atomic E-state index is 12.1. The van der Waals surface area contributed by atoms with E-state index in [-0.39, 0.29) is 16.5 Å². The van der Waals surface area contributed by atoms with Crippen molar-refractivity contribution in [2.45, 2.75) is 32.2 Å². The van der Waals surface area contributed by atoms with Crippen LogP contribution < -0.4 is 5.32 Å². The van der Waals surface area contributed by atoms with Gasteiger partial charge in [-0.3, -0.25) is 14.9 Å². The second kappa shape index (κ2) is 8.91. The monoisotopic (exact) mass is 373 g/mol. The molecule has 138 valence electrons. The van der Waals surface area contributed by atoms with Gasteiger partial charge in [-0.2, -0.15) is 0 Å². The van der Waals surface area contributed by atoms with Gasteiger partial charge in [0.05, 0.1) is 10.5 Å². The molecular weight excluding hydrogens is 350 g/mol. The molecule has 0 saturated carbocycles. The summed E-state index contributed by atoms with van der Waals surface area (Å²) in [6.07, 6.45) is 3.97. The molecule has 1 saturated heterocycles. The molecule has 26 heavy (non-hydrogen) atoms. The van der Waals surface area contributed by atoms with E-state index in [0.717, 1.165) is 35.7 Å². The molecule has 0 spiro atoms. The summed E-state index contributed by atoms with van der Waals surface area (Å²) in [7, 11) is 0. The lowest BCUT2D eigenvalue weighted by Crippen LogP contribution is -2.37. The van der Waals surface area contributed by atoms with Crippen LogP contribution in [0.1, 0.15) is 30.6 Å². The van der Waals surface area contributed by atoms with Crippen molar-refractivity contribution in [1.29, 1.82) is 0 Å². The number of thiophene rings is 1. The van der Waals surface area contributed by atoms with Crippen molar-refractivity contribution >= 4 is 22.9 Å². The van der Waals surface area contributed by atoms with Gasteiger partial charge < -0.3 is 10.2 Å². The third-order valence-electron chi connectivity index (χ3n) is 4.55. The summed E-state index contributed by atoms with van der Waals surface area (Å²) < 4.78 is 0. The highest BCUT2D eigenvalue weighted by atomic mass is 32.1. The average Bonchev–Trinajstić information content (AvgIpc) is 3.14. The first-order valence-corrected chi connectivity index (χ1v) is 9.78. The Bertz CT molecular complexity index is 769. The van der Waals surface area contributed by atoms with E-state index in [1.807, 2.05) is 23.1 Å². The highest BCUT2D eigenvalue weighted by Crippen LogP contribution is 2.34. The number of hydrogen-bond acceptors (Lipinski definition) is 5. The summed E-state index contributed by atoms with van der Waals surface area (Å²) >= 11 is 1.54. The first-order valence-electron chi connectivity index (χ1n) is 8.96. The normalized spacial score (nSPS) is 14.4. The predicted octanol–water partition coefficient (Wildman–Crippen LogP) is 3.82. The van der Waals surface area contributed by atoms with E-state index in [9.17, 15) is 14.9 Å². The molecule has 1 amide bonds. The van der Waals surface area contributed by atoms with Gasteiger partial charge in [0.15, 0.2) is 0 Å². The molecule has 1 aromatic heterocycles. The highest BCUT2D eigenvalue weighted by molar-refractivity contribution is 7.15. The van der Waals surface area contributed by atoms with Crippen LogP contribution in [0, 0.1) is 10.1 Å². The molecular formula is C19H23N3O3S. The number of piperidine rings is 1. The third-order valence-corrected chi connectivity index (χ3v) is 5.67. The quantitative estimate of drug-likeness (QED) is 0.455. The number of hydrogen-bond donors (Lipinski definition) is 1. The molecule has 3 rings (SSSR count). The first kappa shape index (κ1) is 18.5. The van der Waals surface area contributed by atoms with E-state index in [1.165, 1.54) is 12.5 Å². The molecule has 6 nitrogen and oxygen atoms in total. The molecule has 0 aliphatic carbocycles. The fraction of sp³-hybridized carbons (Fsp3) is 0.421. The zero-order chi connectivity index (χ0) is 18.4. The van der Waals surface area contributed by atoms with Gasteiger partial charge in [0.2, 0.25) is 5.91 Å². The van der Waals surface area contributed by atoms with Crippen LogP contribution >= 0.6 is 11.3 Å². The number of carbonyl (C=O) groups is 1. The molecule has 0 unspecified atom stereocenters. The van der Waals surface area contributed by atoms with E-state index in [1.54, 1.807) is 23.5 Å². The topological polar surface area (TPSA) is 75.5 Å². The Hall–Kier alpha value is -2.25. The minimum atomic E-state index is -0.348. The van der Waals surface area contributed by atoms with Crippen molar-refractivity contribution in [2.75, 3.05) is 19.6 Å². The minimum Gasteiger partial charge on any atom is -0.343 e. The molecule has 0 bridgehead atoms. The second-order valence-electron chi connectivity index (χ2n) is 6.41. The SMILES string of the molecule is O=C(CCNCc1ccc(-c2ccccc2[N+](=O)[O-])s1)N1CCCCC1. The molecule has 0 atom stereocenters. The van der Waals surface area contributed by atoms with Crippen molar-refractivity contribution in [2.24, 2.45) is 0 Å². The summed E-state index contributed by atoms with van der Waals surface area (Å²) in [6, 6.07) is 10.7. The Labute approximate surface area is 157 Å². The van der Waals surface area contributed by atoms with E-state index in [2.05, 4.69) is 5.32 Å². The number of amides is 1. The zero-order valence-electron chi connectivity index (χ0n) is 14.6. The summed E-state index contributed by atoms with van der Waals surface area (Å²) in [4.78, 5) is 26.9. The van der Waals surface area contributed by atoms with E-state index in [4.69, 9.17) is 0 Å². The number of nitrogens with one attached hydrogen (secondary N) is 1. The first-order chi connectivity index (χ1) is 12.6. The van der Waals surface area contributed by atoms with Gasteiger partial charge in [-0.15, -0.1) is 11.3 Å². The summed E-state index contributed by atoms with van der Waals surface area (Å²) in [5, 5.41) is 14.5. The number of nitro benzene ring substituents is 1. The number of nitrogens with zero attached hydrogens (tertiary/aromatic N) is 2. The van der Waals surface area contributed by atoms with Crippen LogP contribution in [0.2, 0.25) is 0 Å². The van der Waals surface area contributed by atoms with Crippen LogP contribution in [0.15, 0.2) is 36.4 Å². The standard InChI is InChI=1S/C19H23N3O3S/c23-19(21-12-4-1-5-13-21)10-11-20-14-15-8-9-18(26-15)16-6-2-3-7-17(16)22(24)25/h2-3,6-9,20H,1,4-5,10-14H2. The van der Waals surface area contributed by atoms with E-state index in [0.29, 0.717) is 25.1 Å². The number of nitro groups is 1. The third kappa shape index (κ3) is 4.68. The zero-order valence-corrected chi connectivity index (χ0v) is 15.5. The summed E-state index contributed by atoms with van der Waals surface area (Å²) in [6.45, 7) is 3.10. The van der Waals surface area contributed by atoms with Gasteiger partial charge in [0, 0.05) is 48.4 Å². The molecule has 2 aromatic rings. The Morgan fingerprint density at radius 1 is 1.15 bits per heavy atom. The molecule has 1 aliphatic rings. The van der Waals surface area contributed by atoms with Crippen LogP contribution in [0.5, 0.6) is 0 Å². The van der Waals surface area contributed by atoms with Crippen molar-refractivity contribution in [3.05, 3.63) is 51.4 Å². The fourth-order valence-corrected chi connectivity index (χ4v) is 4.18. The predicted molar refractivity (Wildman–Crippen MR) is 103 cm³/mol. The van der Waals surface area contributed by atoms with Crippen LogP contribution in [0.3, 0.4) is 0 Å². The summed E-state index contributed by atoms with van der Waals surface area (Å²) in [5.74, 6) is 0.226. The molecule has 0 radical (unpaired) electrons. The number of benzene rings is 1. The number of carbonyl (C=O) groups excluding carboxylic acids is 1. The molecule has 1 aromatic carbocycles. The largest absolute Gasteiger partial charge is 0.343 e. The fourth-order valence-electron chi connectivity index (χ4n) is 3.17. The Morgan fingerprint density at radius 3 is 2.69 bits per heavy atom. The van der Waals surface area contributed by atoms with Crippen molar-refractivity contribution in [3.63, 3.8) is 0 Å². The Kier molecular flexibility index (Phi) is 6.35. The van der Waals surface area contributed by atoms with E-state index >= 15 is 0 Å². The minimum absolute atomic E-state index is 0.126. The van der Waals surface area contributed by atoms with Crippen molar-refractivity contribution in [3.8, 4) is 10.4 Å². The van der Waals surface area contributed by atoms with Gasteiger partial charge in [0.25, 0.3) is 5.69 Å². The van der Waals surface area contributed by atoms with E-state index < -0.39 is 0 Å². The van der Waals surface area contributed by atoms with Gasteiger partial charge in [-0.25, -0.2) is 0 Å². The van der Waals surface area contributed by atoms with Crippen molar-refractivity contribution < 1.29 is 9.72 Å². The van der Waals surface area contributed by atoms with Crippen LogP contribution in [0.4, 0.5) is 5.69 Å². The maximum Gasteiger partial charge on any atom is 0.278 e. The lowest BCUT2D eigenvalue weighted by molar-refractivity contribution is -0.384. The molecule has 1 fully saturated rings. The average molecular weight is 373 g/mol. The van der Waals surface area contributed by atoms with Crippen LogP contribution in [0.25, 0.3) is 10.4 Å². The molecule has 1 N–H and O–H groups in total. The lowest BCUT2D eigenvalue weighted by Gasteiger charge is -2.26. The smallest absolute Gasteiger partial charge is 0.278 e. The van der Waals surface area contributed by atoms with Gasteiger partial charge in [-0.1, -0.05) is 12.1 Å². The van der Waals surface area contributed by atoms with Gasteiger partial charge in [-0.05, 0) is 37.5 Å². The number of likely N-dealkylation sites (tertiary alicyclic amines) is 1. The number of rotatable bonds is 7. The van der Waals surface area contributed by atoms with Crippen molar-refractivity contribution in [1.82, 2.24) is 10.2 Å². The summed E-state index contributed by atoms with van der Waals surface area (Å²) in [5.41, 5.74) is 0.773. The van der Waals surface area contributed by atoms with Crippen LogP contribution in [-0.4, -0.2) is 35.4 Å². The number of para-hydroxylation sites is 1. The Balaban J connectivity index is 1.50. The van der Waals surface area contributed by atoms with Gasteiger partial charge >= 0.3 is 0 Å². The lowest BCUT2D eigenvalue weighted by atomic mass is 10.1. The maximum atomic E-state index is 12.1. The van der Waals surface area contributed by atoms with Crippen LogP contribution in [-0.2, 0) is 11.3 Å². The highest BCUT2D eigenvalue weighted by Gasteiger charge is 2.17. The van der Waals surface area contributed by atoms with Gasteiger partial charge in [0.1, 0.15) is 0 Å². The molecule has 1 aliphatic heterocycles. The molecule has 7 heteroatoms. The molecule has 2 heterocycles. The second-order valence-corrected chi connectivity index (χ2v) is 7.58. The Morgan fingerprint density at radius 2 is 1.92 bits per heavy atom.